The van der Waals surface area contributed by atoms with Gasteiger partial charge >= 0.3 is 6.01 Å². The van der Waals surface area contributed by atoms with E-state index in [0.29, 0.717) is 17.6 Å². The molecule has 0 bridgehead atoms. The molecule has 1 fully saturated rings. The van der Waals surface area contributed by atoms with Crippen LogP contribution in [-0.2, 0) is 0 Å². The van der Waals surface area contributed by atoms with Crippen LogP contribution in [0.4, 0.5) is 0 Å². The van der Waals surface area contributed by atoms with Gasteiger partial charge in [-0.3, -0.25) is 0 Å². The summed E-state index contributed by atoms with van der Waals surface area (Å²) in [6.07, 6.45) is 3.80. The van der Waals surface area contributed by atoms with E-state index < -0.39 is 0 Å². The second kappa shape index (κ2) is 4.90. The standard InChI is InChI=1S/C11H14N4O/c1-13-7-8-4-10(5-8)16-11-14-3-2-9(6-12)15-11/h2-3,8,10,13H,4-5,7H2,1H3. The fourth-order valence-electron chi connectivity index (χ4n) is 1.84. The predicted molar refractivity (Wildman–Crippen MR) is 57.8 cm³/mol. The van der Waals surface area contributed by atoms with Gasteiger partial charge in [0.1, 0.15) is 17.9 Å². The number of rotatable bonds is 4. The summed E-state index contributed by atoms with van der Waals surface area (Å²) in [5.41, 5.74) is 0.344. The second-order valence-corrected chi connectivity index (χ2v) is 3.97. The zero-order chi connectivity index (χ0) is 11.4. The maximum Gasteiger partial charge on any atom is 0.317 e. The quantitative estimate of drug-likeness (QED) is 0.806. The highest BCUT2D eigenvalue weighted by Crippen LogP contribution is 2.29. The minimum absolute atomic E-state index is 0.201. The molecule has 0 spiro atoms. The Morgan fingerprint density at radius 1 is 1.62 bits per heavy atom. The van der Waals surface area contributed by atoms with E-state index in [0.717, 1.165) is 19.4 Å². The molecule has 0 unspecified atom stereocenters. The van der Waals surface area contributed by atoms with E-state index in [1.807, 2.05) is 13.1 Å². The van der Waals surface area contributed by atoms with Crippen molar-refractivity contribution in [1.29, 1.82) is 5.26 Å². The van der Waals surface area contributed by atoms with Crippen LogP contribution in [0.3, 0.4) is 0 Å². The van der Waals surface area contributed by atoms with Crippen molar-refractivity contribution in [2.75, 3.05) is 13.6 Å². The monoisotopic (exact) mass is 218 g/mol. The Balaban J connectivity index is 1.85. The largest absolute Gasteiger partial charge is 0.460 e. The molecule has 2 rings (SSSR count). The summed E-state index contributed by atoms with van der Waals surface area (Å²) in [6.45, 7) is 1.03. The van der Waals surface area contributed by atoms with E-state index >= 15 is 0 Å². The third-order valence-corrected chi connectivity index (χ3v) is 2.71. The molecule has 0 atom stereocenters. The SMILES string of the molecule is CNCC1CC(Oc2nccc(C#N)n2)C1. The highest BCUT2D eigenvalue weighted by atomic mass is 16.5. The summed E-state index contributed by atoms with van der Waals surface area (Å²) in [7, 11) is 1.95. The first kappa shape index (κ1) is 10.8. The molecule has 5 nitrogen and oxygen atoms in total. The summed E-state index contributed by atoms with van der Waals surface area (Å²) < 4.78 is 5.57. The molecule has 1 saturated carbocycles. The summed E-state index contributed by atoms with van der Waals surface area (Å²) in [4.78, 5) is 7.95. The van der Waals surface area contributed by atoms with Crippen molar-refractivity contribution in [2.45, 2.75) is 18.9 Å². The van der Waals surface area contributed by atoms with Crippen LogP contribution in [0.15, 0.2) is 12.3 Å². The topological polar surface area (TPSA) is 70.8 Å². The number of aromatic nitrogens is 2. The van der Waals surface area contributed by atoms with Crippen molar-refractivity contribution in [1.82, 2.24) is 15.3 Å². The van der Waals surface area contributed by atoms with Crippen molar-refractivity contribution in [2.24, 2.45) is 5.92 Å². The molecule has 84 valence electrons. The smallest absolute Gasteiger partial charge is 0.317 e. The highest BCUT2D eigenvalue weighted by Gasteiger charge is 2.30. The Morgan fingerprint density at radius 2 is 2.44 bits per heavy atom. The molecule has 16 heavy (non-hydrogen) atoms. The Hall–Kier alpha value is -1.67. The minimum atomic E-state index is 0.201. The van der Waals surface area contributed by atoms with Crippen LogP contribution in [0.25, 0.3) is 0 Å². The molecule has 1 aliphatic rings. The fraction of sp³-hybridized carbons (Fsp3) is 0.545. The van der Waals surface area contributed by atoms with Crippen LogP contribution in [-0.4, -0.2) is 29.7 Å². The molecule has 0 aromatic carbocycles. The van der Waals surface area contributed by atoms with Gasteiger partial charge in [0, 0.05) is 6.20 Å². The Morgan fingerprint density at radius 3 is 3.12 bits per heavy atom. The maximum absolute atomic E-state index is 8.68. The third-order valence-electron chi connectivity index (χ3n) is 2.71. The number of nitrogens with zero attached hydrogens (tertiary/aromatic N) is 3. The lowest BCUT2D eigenvalue weighted by molar-refractivity contribution is 0.0572. The first-order valence-electron chi connectivity index (χ1n) is 5.36. The Kier molecular flexibility index (Phi) is 3.32. The van der Waals surface area contributed by atoms with Gasteiger partial charge in [-0.05, 0) is 38.4 Å². The minimum Gasteiger partial charge on any atom is -0.460 e. The van der Waals surface area contributed by atoms with Crippen LogP contribution in [0.5, 0.6) is 6.01 Å². The van der Waals surface area contributed by atoms with Crippen LogP contribution in [0, 0.1) is 17.2 Å². The van der Waals surface area contributed by atoms with E-state index in [1.54, 1.807) is 12.3 Å². The lowest BCUT2D eigenvalue weighted by Gasteiger charge is -2.34. The third kappa shape index (κ3) is 2.47. The molecule has 1 aromatic heterocycles. The zero-order valence-corrected chi connectivity index (χ0v) is 9.18. The predicted octanol–water partition coefficient (Wildman–Crippen LogP) is 0.725. The van der Waals surface area contributed by atoms with Gasteiger partial charge in [-0.25, -0.2) is 4.98 Å². The van der Waals surface area contributed by atoms with Gasteiger partial charge in [0.25, 0.3) is 0 Å². The van der Waals surface area contributed by atoms with Crippen molar-refractivity contribution >= 4 is 0 Å². The van der Waals surface area contributed by atoms with Crippen molar-refractivity contribution in [3.05, 3.63) is 18.0 Å². The van der Waals surface area contributed by atoms with Crippen molar-refractivity contribution < 1.29 is 4.74 Å². The first-order chi connectivity index (χ1) is 7.81. The van der Waals surface area contributed by atoms with Gasteiger partial charge in [-0.15, -0.1) is 0 Å². The molecule has 5 heteroatoms. The van der Waals surface area contributed by atoms with Gasteiger partial charge in [-0.1, -0.05) is 0 Å². The van der Waals surface area contributed by atoms with E-state index in [-0.39, 0.29) is 6.10 Å². The lowest BCUT2D eigenvalue weighted by atomic mass is 9.82. The molecule has 1 aromatic rings. The first-order valence-corrected chi connectivity index (χ1v) is 5.36. The summed E-state index contributed by atoms with van der Waals surface area (Å²) >= 11 is 0. The van der Waals surface area contributed by atoms with Crippen molar-refractivity contribution in [3.63, 3.8) is 0 Å². The molecule has 0 aliphatic heterocycles. The Labute approximate surface area is 94.5 Å². The van der Waals surface area contributed by atoms with Crippen LogP contribution in [0.2, 0.25) is 0 Å². The number of nitriles is 1. The summed E-state index contributed by atoms with van der Waals surface area (Å²) in [6, 6.07) is 3.84. The number of ether oxygens (including phenoxy) is 1. The molecule has 0 radical (unpaired) electrons. The van der Waals surface area contributed by atoms with Gasteiger partial charge in [0.2, 0.25) is 0 Å². The average molecular weight is 218 g/mol. The van der Waals surface area contributed by atoms with Gasteiger partial charge in [0.15, 0.2) is 0 Å². The zero-order valence-electron chi connectivity index (χ0n) is 9.18. The van der Waals surface area contributed by atoms with Gasteiger partial charge < -0.3 is 10.1 Å². The molecule has 1 heterocycles. The normalized spacial score (nSPS) is 23.2. The van der Waals surface area contributed by atoms with Crippen LogP contribution >= 0.6 is 0 Å². The van der Waals surface area contributed by atoms with E-state index in [9.17, 15) is 0 Å². The van der Waals surface area contributed by atoms with E-state index in [4.69, 9.17) is 10.00 Å². The van der Waals surface area contributed by atoms with Crippen molar-refractivity contribution in [3.8, 4) is 12.1 Å². The second-order valence-electron chi connectivity index (χ2n) is 3.97. The molecular weight excluding hydrogens is 204 g/mol. The molecular formula is C11H14N4O. The summed E-state index contributed by atoms with van der Waals surface area (Å²) in [5.74, 6) is 0.689. The number of nitrogens with one attached hydrogen (secondary N) is 1. The number of hydrogen-bond donors (Lipinski definition) is 1. The Bertz CT molecular complexity index is 395. The number of hydrogen-bond acceptors (Lipinski definition) is 5. The molecule has 0 saturated heterocycles. The molecule has 0 amide bonds. The lowest BCUT2D eigenvalue weighted by Crippen LogP contribution is -2.39. The van der Waals surface area contributed by atoms with Crippen LogP contribution in [0.1, 0.15) is 18.5 Å². The van der Waals surface area contributed by atoms with Crippen LogP contribution < -0.4 is 10.1 Å². The average Bonchev–Trinajstić information content (AvgIpc) is 2.27. The van der Waals surface area contributed by atoms with E-state index in [2.05, 4.69) is 15.3 Å². The molecule has 1 aliphatic carbocycles. The molecule has 1 N–H and O–H groups in total. The van der Waals surface area contributed by atoms with Gasteiger partial charge in [-0.2, -0.15) is 10.2 Å². The summed E-state index contributed by atoms with van der Waals surface area (Å²) in [5, 5.41) is 11.8. The van der Waals surface area contributed by atoms with E-state index in [1.165, 1.54) is 0 Å². The van der Waals surface area contributed by atoms with Gasteiger partial charge in [0.05, 0.1) is 0 Å². The maximum atomic E-state index is 8.68. The highest BCUT2D eigenvalue weighted by molar-refractivity contribution is 5.19. The fourth-order valence-corrected chi connectivity index (χ4v) is 1.84.